The highest BCUT2D eigenvalue weighted by atomic mass is 79.9. The summed E-state index contributed by atoms with van der Waals surface area (Å²) in [6, 6.07) is 26.0. The monoisotopic (exact) mass is 480 g/mol. The summed E-state index contributed by atoms with van der Waals surface area (Å²) < 4.78 is 5.96. The van der Waals surface area contributed by atoms with Gasteiger partial charge in [-0.25, -0.2) is 0 Å². The van der Waals surface area contributed by atoms with Crippen molar-refractivity contribution >= 4 is 33.7 Å². The van der Waals surface area contributed by atoms with Crippen molar-refractivity contribution in [3.8, 4) is 0 Å². The van der Waals surface area contributed by atoms with Crippen molar-refractivity contribution in [2.24, 2.45) is 0 Å². The van der Waals surface area contributed by atoms with Crippen LogP contribution in [0.15, 0.2) is 89.4 Å². The molecule has 0 aliphatic heterocycles. The van der Waals surface area contributed by atoms with Crippen molar-refractivity contribution in [1.82, 2.24) is 10.9 Å². The first-order chi connectivity index (χ1) is 15.0. The lowest BCUT2D eigenvalue weighted by atomic mass is 9.89. The highest BCUT2D eigenvalue weighted by molar-refractivity contribution is 9.10. The van der Waals surface area contributed by atoms with Crippen LogP contribution in [0.1, 0.15) is 33.8 Å². The summed E-state index contributed by atoms with van der Waals surface area (Å²) in [7, 11) is 0. The van der Waals surface area contributed by atoms with Crippen molar-refractivity contribution < 1.29 is 19.1 Å². The smallest absolute Gasteiger partial charge is 0.307 e. The van der Waals surface area contributed by atoms with E-state index >= 15 is 0 Å². The largest absolute Gasteiger partial charge is 0.455 e. The molecule has 0 aliphatic carbocycles. The Kier molecular flexibility index (Phi) is 7.95. The predicted molar refractivity (Wildman–Crippen MR) is 120 cm³/mol. The van der Waals surface area contributed by atoms with E-state index in [9.17, 15) is 14.4 Å². The lowest BCUT2D eigenvalue weighted by Gasteiger charge is -2.17. The molecule has 6 nitrogen and oxygen atoms in total. The van der Waals surface area contributed by atoms with E-state index in [0.29, 0.717) is 5.56 Å². The van der Waals surface area contributed by atoms with Gasteiger partial charge < -0.3 is 4.74 Å². The summed E-state index contributed by atoms with van der Waals surface area (Å²) >= 11 is 3.29. The van der Waals surface area contributed by atoms with Crippen LogP contribution in [0.4, 0.5) is 0 Å². The second-order valence-electron chi connectivity index (χ2n) is 6.75. The first kappa shape index (κ1) is 22.2. The Morgan fingerprint density at radius 3 is 1.87 bits per heavy atom. The molecule has 0 saturated carbocycles. The van der Waals surface area contributed by atoms with Crippen LogP contribution in [0, 0.1) is 0 Å². The zero-order valence-electron chi connectivity index (χ0n) is 16.6. The first-order valence-electron chi connectivity index (χ1n) is 9.63. The van der Waals surface area contributed by atoms with E-state index in [4.69, 9.17) is 4.74 Å². The van der Waals surface area contributed by atoms with Gasteiger partial charge in [0.25, 0.3) is 11.8 Å². The number of amides is 2. The van der Waals surface area contributed by atoms with Crippen molar-refractivity contribution in [2.45, 2.75) is 12.3 Å². The molecule has 31 heavy (non-hydrogen) atoms. The van der Waals surface area contributed by atoms with Crippen LogP contribution in [0.2, 0.25) is 0 Å². The molecule has 0 heterocycles. The molecule has 0 atom stereocenters. The van der Waals surface area contributed by atoms with Gasteiger partial charge in [0.05, 0.1) is 6.42 Å². The van der Waals surface area contributed by atoms with Gasteiger partial charge in [0.2, 0.25) is 0 Å². The van der Waals surface area contributed by atoms with E-state index in [1.54, 1.807) is 24.3 Å². The second kappa shape index (κ2) is 11.1. The summed E-state index contributed by atoms with van der Waals surface area (Å²) in [5, 5.41) is 0. The summed E-state index contributed by atoms with van der Waals surface area (Å²) in [6.07, 6.45) is 0.0898. The predicted octanol–water partition coefficient (Wildman–Crippen LogP) is 3.98. The second-order valence-corrected chi connectivity index (χ2v) is 7.66. The SMILES string of the molecule is O=C(COC(=O)CC(c1ccccc1)c1ccccc1)NNC(=O)c1ccc(Br)cc1. The molecule has 2 N–H and O–H groups in total. The number of nitrogens with one attached hydrogen (secondary N) is 2. The molecule has 0 bridgehead atoms. The van der Waals surface area contributed by atoms with E-state index in [0.717, 1.165) is 15.6 Å². The molecular formula is C24H21BrN2O4. The molecule has 2 amide bonds. The maximum atomic E-state index is 12.4. The topological polar surface area (TPSA) is 84.5 Å². The zero-order valence-corrected chi connectivity index (χ0v) is 18.2. The summed E-state index contributed by atoms with van der Waals surface area (Å²) in [4.78, 5) is 36.4. The maximum absolute atomic E-state index is 12.4. The third-order valence-electron chi connectivity index (χ3n) is 4.56. The Labute approximate surface area is 188 Å². The van der Waals surface area contributed by atoms with E-state index in [1.807, 2.05) is 60.7 Å². The summed E-state index contributed by atoms with van der Waals surface area (Å²) in [5.41, 5.74) is 6.88. The molecule has 0 radical (unpaired) electrons. The first-order valence-corrected chi connectivity index (χ1v) is 10.4. The Morgan fingerprint density at radius 1 is 0.774 bits per heavy atom. The molecule has 0 unspecified atom stereocenters. The fourth-order valence-electron chi connectivity index (χ4n) is 3.01. The number of hydrazine groups is 1. The van der Waals surface area contributed by atoms with Gasteiger partial charge in [-0.1, -0.05) is 76.6 Å². The standard InChI is InChI=1S/C24H21BrN2O4/c25-20-13-11-19(12-14-20)24(30)27-26-22(28)16-31-23(29)15-21(17-7-3-1-4-8-17)18-9-5-2-6-10-18/h1-14,21H,15-16H2,(H,26,28)(H,27,30). The van der Waals surface area contributed by atoms with Gasteiger partial charge in [-0.3, -0.25) is 25.2 Å². The molecule has 0 fully saturated rings. The molecule has 3 aromatic carbocycles. The van der Waals surface area contributed by atoms with Crippen LogP contribution in [-0.2, 0) is 14.3 Å². The van der Waals surface area contributed by atoms with Crippen molar-refractivity contribution in [3.05, 3.63) is 106 Å². The number of carbonyl (C=O) groups excluding carboxylic acids is 3. The van der Waals surface area contributed by atoms with E-state index in [2.05, 4.69) is 26.8 Å². The van der Waals surface area contributed by atoms with Crippen LogP contribution >= 0.6 is 15.9 Å². The van der Waals surface area contributed by atoms with Crippen LogP contribution in [-0.4, -0.2) is 24.4 Å². The van der Waals surface area contributed by atoms with Crippen molar-refractivity contribution in [3.63, 3.8) is 0 Å². The van der Waals surface area contributed by atoms with Gasteiger partial charge in [-0.2, -0.15) is 0 Å². The van der Waals surface area contributed by atoms with E-state index < -0.39 is 24.4 Å². The van der Waals surface area contributed by atoms with Crippen LogP contribution < -0.4 is 10.9 Å². The Bertz CT molecular complexity index is 985. The van der Waals surface area contributed by atoms with Crippen molar-refractivity contribution in [1.29, 1.82) is 0 Å². The molecule has 3 rings (SSSR count). The molecule has 0 spiro atoms. The third-order valence-corrected chi connectivity index (χ3v) is 5.09. The normalized spacial score (nSPS) is 10.4. The summed E-state index contributed by atoms with van der Waals surface area (Å²) in [6.45, 7) is -0.490. The minimum atomic E-state index is -0.630. The maximum Gasteiger partial charge on any atom is 0.307 e. The van der Waals surface area contributed by atoms with Crippen LogP contribution in [0.25, 0.3) is 0 Å². The Hall–Kier alpha value is -3.45. The van der Waals surface area contributed by atoms with Gasteiger partial charge in [-0.15, -0.1) is 0 Å². The fraction of sp³-hybridized carbons (Fsp3) is 0.125. The Morgan fingerprint density at radius 2 is 1.32 bits per heavy atom. The van der Waals surface area contributed by atoms with Crippen LogP contribution in [0.5, 0.6) is 0 Å². The molecule has 3 aromatic rings. The number of esters is 1. The average Bonchev–Trinajstić information content (AvgIpc) is 2.81. The van der Waals surface area contributed by atoms with E-state index in [-0.39, 0.29) is 12.3 Å². The number of carbonyl (C=O) groups is 3. The molecule has 158 valence electrons. The van der Waals surface area contributed by atoms with Gasteiger partial charge >= 0.3 is 5.97 Å². The highest BCUT2D eigenvalue weighted by Crippen LogP contribution is 2.28. The number of rotatable bonds is 7. The van der Waals surface area contributed by atoms with Gasteiger partial charge in [-0.05, 0) is 35.4 Å². The number of halogens is 1. The van der Waals surface area contributed by atoms with Crippen LogP contribution in [0.3, 0.4) is 0 Å². The quantitative estimate of drug-likeness (QED) is 0.395. The third kappa shape index (κ3) is 6.79. The minimum absolute atomic E-state index is 0.0898. The zero-order chi connectivity index (χ0) is 22.1. The average molecular weight is 481 g/mol. The molecule has 7 heteroatoms. The Balaban J connectivity index is 1.51. The fourth-order valence-corrected chi connectivity index (χ4v) is 3.27. The number of hydrogen-bond donors (Lipinski definition) is 2. The molecule has 0 aliphatic rings. The lowest BCUT2D eigenvalue weighted by Crippen LogP contribution is -2.43. The molecular weight excluding hydrogens is 460 g/mol. The number of hydrogen-bond acceptors (Lipinski definition) is 4. The summed E-state index contributed by atoms with van der Waals surface area (Å²) in [5.74, 6) is -1.79. The van der Waals surface area contributed by atoms with Gasteiger partial charge in [0.1, 0.15) is 0 Å². The number of benzene rings is 3. The molecule has 0 saturated heterocycles. The van der Waals surface area contributed by atoms with Gasteiger partial charge in [0.15, 0.2) is 6.61 Å². The highest BCUT2D eigenvalue weighted by Gasteiger charge is 2.19. The minimum Gasteiger partial charge on any atom is -0.455 e. The molecule has 0 aromatic heterocycles. The van der Waals surface area contributed by atoms with Gasteiger partial charge in [0, 0.05) is 16.0 Å². The van der Waals surface area contributed by atoms with Crippen molar-refractivity contribution in [2.75, 3.05) is 6.61 Å². The number of ether oxygens (including phenoxy) is 1. The lowest BCUT2D eigenvalue weighted by molar-refractivity contribution is -0.148. The van der Waals surface area contributed by atoms with E-state index in [1.165, 1.54) is 0 Å².